The molecule has 35 heavy (non-hydrogen) atoms. The van der Waals surface area contributed by atoms with Gasteiger partial charge < -0.3 is 19.3 Å². The van der Waals surface area contributed by atoms with Gasteiger partial charge in [-0.25, -0.2) is 9.97 Å². The van der Waals surface area contributed by atoms with Gasteiger partial charge in [0.05, 0.1) is 12.3 Å². The molecule has 2 aromatic carbocycles. The molecule has 0 atom stereocenters. The third-order valence-electron chi connectivity index (χ3n) is 5.93. The van der Waals surface area contributed by atoms with Crippen LogP contribution in [0.4, 0.5) is 5.82 Å². The lowest BCUT2D eigenvalue weighted by Crippen LogP contribution is -2.50. The molecule has 1 saturated heterocycles. The van der Waals surface area contributed by atoms with Gasteiger partial charge in [-0.2, -0.15) is 4.68 Å². The Morgan fingerprint density at radius 3 is 2.31 bits per heavy atom. The monoisotopic (exact) mass is 473 g/mol. The highest BCUT2D eigenvalue weighted by atomic mass is 16.5. The molecule has 1 amide bonds. The van der Waals surface area contributed by atoms with Crippen LogP contribution in [0.3, 0.4) is 0 Å². The summed E-state index contributed by atoms with van der Waals surface area (Å²) in [5.41, 5.74) is 3.25. The maximum absolute atomic E-state index is 12.6. The van der Waals surface area contributed by atoms with Crippen LogP contribution in [0.5, 0.6) is 11.5 Å². The summed E-state index contributed by atoms with van der Waals surface area (Å²) in [5.74, 6) is 2.18. The molecule has 0 N–H and O–H groups in total. The van der Waals surface area contributed by atoms with E-state index in [-0.39, 0.29) is 12.5 Å². The Morgan fingerprint density at radius 2 is 1.60 bits per heavy atom. The third-order valence-corrected chi connectivity index (χ3v) is 5.93. The van der Waals surface area contributed by atoms with E-state index in [2.05, 4.69) is 25.2 Å². The second-order valence-corrected chi connectivity index (χ2v) is 8.27. The molecule has 180 valence electrons. The van der Waals surface area contributed by atoms with Gasteiger partial charge in [-0.15, -0.1) is 5.10 Å². The number of benzene rings is 2. The molecule has 1 aliphatic heterocycles. The standard InChI is InChI=1S/C25H27N7O3/c1-3-34-20-10-6-19(7-11-20)32-25-23(28-29-32)24(26-17-27-25)31-14-12-30(13-15-31)22(33)16-35-21-8-4-18(2)5-9-21/h4-11,17H,3,12-16H2,1-2H3. The largest absolute Gasteiger partial charge is 0.494 e. The number of aromatic nitrogens is 5. The molecular weight excluding hydrogens is 446 g/mol. The van der Waals surface area contributed by atoms with E-state index in [1.165, 1.54) is 6.33 Å². The van der Waals surface area contributed by atoms with Gasteiger partial charge in [0.15, 0.2) is 23.6 Å². The fourth-order valence-corrected chi connectivity index (χ4v) is 4.03. The zero-order valence-corrected chi connectivity index (χ0v) is 19.8. The second kappa shape index (κ2) is 9.96. The van der Waals surface area contributed by atoms with Crippen molar-refractivity contribution < 1.29 is 14.3 Å². The number of hydrogen-bond donors (Lipinski definition) is 0. The lowest BCUT2D eigenvalue weighted by atomic mass is 10.2. The van der Waals surface area contributed by atoms with E-state index in [4.69, 9.17) is 9.47 Å². The van der Waals surface area contributed by atoms with Gasteiger partial charge in [0.25, 0.3) is 5.91 Å². The second-order valence-electron chi connectivity index (χ2n) is 8.27. The van der Waals surface area contributed by atoms with Crippen LogP contribution in [0.2, 0.25) is 0 Å². The highest BCUT2D eigenvalue weighted by molar-refractivity contribution is 5.84. The maximum Gasteiger partial charge on any atom is 0.260 e. The molecule has 5 rings (SSSR count). The summed E-state index contributed by atoms with van der Waals surface area (Å²) < 4.78 is 12.9. The number of anilines is 1. The van der Waals surface area contributed by atoms with Crippen molar-refractivity contribution in [3.63, 3.8) is 0 Å². The fraction of sp³-hybridized carbons (Fsp3) is 0.320. The lowest BCUT2D eigenvalue weighted by Gasteiger charge is -2.35. The van der Waals surface area contributed by atoms with E-state index in [9.17, 15) is 4.79 Å². The van der Waals surface area contributed by atoms with Crippen molar-refractivity contribution >= 4 is 22.9 Å². The average molecular weight is 474 g/mol. The minimum absolute atomic E-state index is 0.0250. The summed E-state index contributed by atoms with van der Waals surface area (Å²) in [4.78, 5) is 25.5. The van der Waals surface area contributed by atoms with Gasteiger partial charge in [-0.3, -0.25) is 4.79 Å². The summed E-state index contributed by atoms with van der Waals surface area (Å²) in [6.07, 6.45) is 1.53. The van der Waals surface area contributed by atoms with E-state index in [0.717, 1.165) is 22.8 Å². The van der Waals surface area contributed by atoms with Gasteiger partial charge >= 0.3 is 0 Å². The predicted molar refractivity (Wildman–Crippen MR) is 131 cm³/mol. The number of amides is 1. The maximum atomic E-state index is 12.6. The number of piperazine rings is 1. The Bertz CT molecular complexity index is 1300. The molecule has 10 nitrogen and oxygen atoms in total. The lowest BCUT2D eigenvalue weighted by molar-refractivity contribution is -0.133. The van der Waals surface area contributed by atoms with Crippen molar-refractivity contribution in [2.75, 3.05) is 44.3 Å². The van der Waals surface area contributed by atoms with Crippen LogP contribution in [0, 0.1) is 6.92 Å². The van der Waals surface area contributed by atoms with Crippen LogP contribution in [0.25, 0.3) is 16.9 Å². The number of hydrogen-bond acceptors (Lipinski definition) is 8. The predicted octanol–water partition coefficient (Wildman–Crippen LogP) is 2.65. The summed E-state index contributed by atoms with van der Waals surface area (Å²) in [5, 5.41) is 8.68. The van der Waals surface area contributed by atoms with Gasteiger partial charge in [0, 0.05) is 26.2 Å². The molecule has 0 spiro atoms. The number of ether oxygens (including phenoxy) is 2. The SMILES string of the molecule is CCOc1ccc(-n2nnc3c(N4CCN(C(=O)COc5ccc(C)cc5)CC4)ncnc32)cc1. The quantitative estimate of drug-likeness (QED) is 0.404. The molecule has 1 fully saturated rings. The Kier molecular flexibility index (Phi) is 6.42. The number of carbonyl (C=O) groups is 1. The first-order valence-corrected chi connectivity index (χ1v) is 11.6. The van der Waals surface area contributed by atoms with Crippen LogP contribution in [-0.4, -0.2) is 75.2 Å². The number of aryl methyl sites for hydroxylation is 1. The Labute approximate surface area is 203 Å². The number of carbonyl (C=O) groups excluding carboxylic acids is 1. The topological polar surface area (TPSA) is 98.5 Å². The Hall–Kier alpha value is -4.21. The first-order chi connectivity index (χ1) is 17.1. The molecule has 0 aliphatic carbocycles. The Balaban J connectivity index is 1.24. The molecule has 0 bridgehead atoms. The summed E-state index contributed by atoms with van der Waals surface area (Å²) in [6, 6.07) is 15.3. The minimum atomic E-state index is -0.0282. The minimum Gasteiger partial charge on any atom is -0.494 e. The first-order valence-electron chi connectivity index (χ1n) is 11.6. The van der Waals surface area contributed by atoms with E-state index >= 15 is 0 Å². The van der Waals surface area contributed by atoms with Crippen LogP contribution in [-0.2, 0) is 4.79 Å². The van der Waals surface area contributed by atoms with Crippen LogP contribution >= 0.6 is 0 Å². The molecular formula is C25H27N7O3. The van der Waals surface area contributed by atoms with E-state index in [1.807, 2.05) is 67.3 Å². The molecule has 0 radical (unpaired) electrons. The van der Waals surface area contributed by atoms with Crippen molar-refractivity contribution in [2.45, 2.75) is 13.8 Å². The number of rotatable bonds is 7. The van der Waals surface area contributed by atoms with Crippen molar-refractivity contribution in [1.82, 2.24) is 29.9 Å². The Morgan fingerprint density at radius 1 is 0.914 bits per heavy atom. The van der Waals surface area contributed by atoms with Gasteiger partial charge in [-0.05, 0) is 50.2 Å². The van der Waals surface area contributed by atoms with Gasteiger partial charge in [-0.1, -0.05) is 22.9 Å². The van der Waals surface area contributed by atoms with Crippen LogP contribution in [0.1, 0.15) is 12.5 Å². The third kappa shape index (κ3) is 4.86. The molecule has 1 aliphatic rings. The van der Waals surface area contributed by atoms with Crippen molar-refractivity contribution in [1.29, 1.82) is 0 Å². The molecule has 4 aromatic rings. The van der Waals surface area contributed by atoms with Gasteiger partial charge in [0.2, 0.25) is 0 Å². The summed E-state index contributed by atoms with van der Waals surface area (Å²) in [6.45, 7) is 7.03. The fourth-order valence-electron chi connectivity index (χ4n) is 4.03. The molecule has 0 unspecified atom stereocenters. The molecule has 0 saturated carbocycles. The van der Waals surface area contributed by atoms with Gasteiger partial charge in [0.1, 0.15) is 17.8 Å². The molecule has 10 heteroatoms. The molecule has 3 heterocycles. The van der Waals surface area contributed by atoms with E-state index in [0.29, 0.717) is 49.7 Å². The molecule has 2 aromatic heterocycles. The van der Waals surface area contributed by atoms with E-state index < -0.39 is 0 Å². The van der Waals surface area contributed by atoms with Crippen LogP contribution < -0.4 is 14.4 Å². The van der Waals surface area contributed by atoms with Crippen molar-refractivity contribution in [2.24, 2.45) is 0 Å². The average Bonchev–Trinajstić information content (AvgIpc) is 3.33. The number of fused-ring (bicyclic) bond motifs is 1. The first kappa shape index (κ1) is 22.6. The van der Waals surface area contributed by atoms with Crippen molar-refractivity contribution in [3.8, 4) is 17.2 Å². The zero-order valence-electron chi connectivity index (χ0n) is 19.8. The summed E-state index contributed by atoms with van der Waals surface area (Å²) >= 11 is 0. The summed E-state index contributed by atoms with van der Waals surface area (Å²) in [7, 11) is 0. The highest BCUT2D eigenvalue weighted by Crippen LogP contribution is 2.24. The zero-order chi connectivity index (χ0) is 24.2. The van der Waals surface area contributed by atoms with E-state index in [1.54, 1.807) is 4.68 Å². The van der Waals surface area contributed by atoms with Crippen molar-refractivity contribution in [3.05, 3.63) is 60.4 Å². The highest BCUT2D eigenvalue weighted by Gasteiger charge is 2.25. The van der Waals surface area contributed by atoms with Crippen LogP contribution in [0.15, 0.2) is 54.9 Å². The number of nitrogens with zero attached hydrogens (tertiary/aromatic N) is 7. The normalized spacial score (nSPS) is 13.8. The smallest absolute Gasteiger partial charge is 0.260 e.